The molecule has 1 heterocycles. The van der Waals surface area contributed by atoms with Crippen LogP contribution >= 0.6 is 11.3 Å². The summed E-state index contributed by atoms with van der Waals surface area (Å²) in [5, 5.41) is 5.68. The van der Waals surface area contributed by atoms with Gasteiger partial charge in [0.05, 0.1) is 5.54 Å². The first-order chi connectivity index (χ1) is 9.47. The number of alkyl carbamates (subject to hydrolysis) is 1. The Labute approximate surface area is 122 Å². The third kappa shape index (κ3) is 3.81. The Morgan fingerprint density at radius 2 is 2.05 bits per heavy atom. The molecule has 1 aromatic heterocycles. The Kier molecular flexibility index (Phi) is 4.39. The summed E-state index contributed by atoms with van der Waals surface area (Å²) in [7, 11) is 0. The molecule has 0 spiro atoms. The van der Waals surface area contributed by atoms with Gasteiger partial charge in [-0.25, -0.2) is 9.78 Å². The minimum absolute atomic E-state index is 0.264. The minimum Gasteiger partial charge on any atom is -0.445 e. The molecule has 1 aromatic carbocycles. The molecule has 2 aromatic rings. The van der Waals surface area contributed by atoms with Crippen LogP contribution in [0, 0.1) is 6.92 Å². The lowest BCUT2D eigenvalue weighted by molar-refractivity contribution is 0.129. The predicted molar refractivity (Wildman–Crippen MR) is 79.6 cm³/mol. The van der Waals surface area contributed by atoms with E-state index in [1.807, 2.05) is 56.5 Å². The molecule has 0 aliphatic rings. The van der Waals surface area contributed by atoms with Gasteiger partial charge in [-0.2, -0.15) is 0 Å². The smallest absolute Gasteiger partial charge is 0.408 e. The monoisotopic (exact) mass is 290 g/mol. The number of ether oxygens (including phenoxy) is 1. The number of aromatic nitrogens is 1. The summed E-state index contributed by atoms with van der Waals surface area (Å²) in [5.74, 6) is 0. The Morgan fingerprint density at radius 3 is 2.65 bits per heavy atom. The lowest BCUT2D eigenvalue weighted by atomic mass is 10.1. The molecule has 0 saturated heterocycles. The molecule has 0 atom stereocenters. The zero-order valence-corrected chi connectivity index (χ0v) is 12.7. The van der Waals surface area contributed by atoms with Crippen molar-refractivity contribution in [1.29, 1.82) is 0 Å². The third-order valence-corrected chi connectivity index (χ3v) is 4.06. The van der Waals surface area contributed by atoms with Crippen molar-refractivity contribution in [2.75, 3.05) is 0 Å². The lowest BCUT2D eigenvalue weighted by Gasteiger charge is -2.23. The number of carbonyl (C=O) groups is 1. The highest BCUT2D eigenvalue weighted by atomic mass is 32.1. The van der Waals surface area contributed by atoms with Crippen LogP contribution in [0.3, 0.4) is 0 Å². The summed E-state index contributed by atoms with van der Waals surface area (Å²) in [5.41, 5.74) is 1.38. The fourth-order valence-electron chi connectivity index (χ4n) is 1.71. The second-order valence-corrected chi connectivity index (χ2v) is 5.96. The standard InChI is InChI=1S/C15H18N2O2S/c1-11-10-20-13(16-11)15(2,3)17-14(18)19-9-12-7-5-4-6-8-12/h4-8,10H,9H2,1-3H3,(H,17,18). The first-order valence-corrected chi connectivity index (χ1v) is 7.27. The van der Waals surface area contributed by atoms with E-state index in [1.165, 1.54) is 11.3 Å². The van der Waals surface area contributed by atoms with Crippen molar-refractivity contribution in [2.45, 2.75) is 32.9 Å². The topological polar surface area (TPSA) is 51.2 Å². The zero-order chi connectivity index (χ0) is 14.6. The van der Waals surface area contributed by atoms with Crippen LogP contribution in [-0.4, -0.2) is 11.1 Å². The summed E-state index contributed by atoms with van der Waals surface area (Å²) in [6, 6.07) is 9.60. The molecule has 0 radical (unpaired) electrons. The van der Waals surface area contributed by atoms with Gasteiger partial charge in [0.1, 0.15) is 11.6 Å². The molecule has 0 aliphatic heterocycles. The van der Waals surface area contributed by atoms with Crippen LogP contribution in [0.4, 0.5) is 4.79 Å². The van der Waals surface area contributed by atoms with E-state index in [2.05, 4.69) is 10.3 Å². The summed E-state index contributed by atoms with van der Waals surface area (Å²) in [6.45, 7) is 6.02. The van der Waals surface area contributed by atoms with E-state index in [9.17, 15) is 4.79 Å². The van der Waals surface area contributed by atoms with Crippen molar-refractivity contribution >= 4 is 17.4 Å². The average molecular weight is 290 g/mol. The molecule has 0 fully saturated rings. The van der Waals surface area contributed by atoms with Gasteiger partial charge in [0.2, 0.25) is 0 Å². The van der Waals surface area contributed by atoms with Gasteiger partial charge in [-0.05, 0) is 26.3 Å². The van der Waals surface area contributed by atoms with Crippen LogP contribution in [0.2, 0.25) is 0 Å². The Bertz CT molecular complexity index is 579. The first kappa shape index (κ1) is 14.5. The highest BCUT2D eigenvalue weighted by Crippen LogP contribution is 2.23. The first-order valence-electron chi connectivity index (χ1n) is 6.39. The number of carbonyl (C=O) groups excluding carboxylic acids is 1. The van der Waals surface area contributed by atoms with Crippen molar-refractivity contribution in [3.05, 3.63) is 52.0 Å². The SMILES string of the molecule is Cc1csc(C(C)(C)NC(=O)OCc2ccccc2)n1. The molecule has 4 nitrogen and oxygen atoms in total. The molecule has 1 N–H and O–H groups in total. The van der Waals surface area contributed by atoms with Gasteiger partial charge in [-0.3, -0.25) is 0 Å². The van der Waals surface area contributed by atoms with Gasteiger partial charge < -0.3 is 10.1 Å². The van der Waals surface area contributed by atoms with Gasteiger partial charge in [-0.15, -0.1) is 11.3 Å². The van der Waals surface area contributed by atoms with Gasteiger partial charge in [0, 0.05) is 11.1 Å². The molecular formula is C15H18N2O2S. The van der Waals surface area contributed by atoms with Crippen molar-refractivity contribution in [1.82, 2.24) is 10.3 Å². The van der Waals surface area contributed by atoms with Crippen LogP contribution in [-0.2, 0) is 16.9 Å². The number of thiazole rings is 1. The Morgan fingerprint density at radius 1 is 1.35 bits per heavy atom. The Hall–Kier alpha value is -1.88. The third-order valence-electron chi connectivity index (χ3n) is 2.78. The van der Waals surface area contributed by atoms with E-state index in [0.717, 1.165) is 16.3 Å². The summed E-state index contributed by atoms with van der Waals surface area (Å²) in [4.78, 5) is 16.3. The molecule has 106 valence electrons. The van der Waals surface area contributed by atoms with Crippen LogP contribution in [0.5, 0.6) is 0 Å². The van der Waals surface area contributed by atoms with Gasteiger partial charge in [0.25, 0.3) is 0 Å². The van der Waals surface area contributed by atoms with E-state index in [1.54, 1.807) is 0 Å². The van der Waals surface area contributed by atoms with E-state index in [-0.39, 0.29) is 6.61 Å². The highest BCUT2D eigenvalue weighted by Gasteiger charge is 2.26. The van der Waals surface area contributed by atoms with Crippen LogP contribution in [0.15, 0.2) is 35.7 Å². The number of nitrogens with zero attached hydrogens (tertiary/aromatic N) is 1. The number of hydrogen-bond donors (Lipinski definition) is 1. The van der Waals surface area contributed by atoms with E-state index >= 15 is 0 Å². The molecule has 0 bridgehead atoms. The number of rotatable bonds is 4. The second-order valence-electron chi connectivity index (χ2n) is 5.11. The normalized spacial score (nSPS) is 11.2. The number of aryl methyl sites for hydroxylation is 1. The fraction of sp³-hybridized carbons (Fsp3) is 0.333. The maximum atomic E-state index is 11.9. The average Bonchev–Trinajstić information content (AvgIpc) is 2.85. The number of hydrogen-bond acceptors (Lipinski definition) is 4. The van der Waals surface area contributed by atoms with E-state index < -0.39 is 11.6 Å². The largest absolute Gasteiger partial charge is 0.445 e. The Balaban J connectivity index is 1.91. The molecule has 0 aliphatic carbocycles. The maximum absolute atomic E-state index is 11.9. The molecular weight excluding hydrogens is 272 g/mol. The molecule has 2 rings (SSSR count). The summed E-state index contributed by atoms with van der Waals surface area (Å²) < 4.78 is 5.22. The molecule has 20 heavy (non-hydrogen) atoms. The van der Waals surface area contributed by atoms with Crippen molar-refractivity contribution in [3.8, 4) is 0 Å². The summed E-state index contributed by atoms with van der Waals surface area (Å²) in [6.07, 6.45) is -0.438. The molecule has 5 heteroatoms. The minimum atomic E-state index is -0.535. The quantitative estimate of drug-likeness (QED) is 0.935. The van der Waals surface area contributed by atoms with Gasteiger partial charge in [-0.1, -0.05) is 30.3 Å². The number of amides is 1. The molecule has 0 unspecified atom stereocenters. The fourth-order valence-corrected chi connectivity index (χ4v) is 2.59. The van der Waals surface area contributed by atoms with Gasteiger partial charge >= 0.3 is 6.09 Å². The van der Waals surface area contributed by atoms with Crippen molar-refractivity contribution < 1.29 is 9.53 Å². The van der Waals surface area contributed by atoms with Crippen LogP contribution in [0.25, 0.3) is 0 Å². The van der Waals surface area contributed by atoms with E-state index in [4.69, 9.17) is 4.74 Å². The predicted octanol–water partition coefficient (Wildman–Crippen LogP) is 3.61. The second kappa shape index (κ2) is 6.05. The number of benzene rings is 1. The van der Waals surface area contributed by atoms with Gasteiger partial charge in [0.15, 0.2) is 0 Å². The lowest BCUT2D eigenvalue weighted by Crippen LogP contribution is -2.41. The zero-order valence-electron chi connectivity index (χ0n) is 11.8. The van der Waals surface area contributed by atoms with Crippen molar-refractivity contribution in [3.63, 3.8) is 0 Å². The molecule has 1 amide bonds. The van der Waals surface area contributed by atoms with Crippen LogP contribution < -0.4 is 5.32 Å². The summed E-state index contributed by atoms with van der Waals surface area (Å²) >= 11 is 1.53. The molecule has 0 saturated carbocycles. The van der Waals surface area contributed by atoms with Crippen LogP contribution in [0.1, 0.15) is 30.1 Å². The van der Waals surface area contributed by atoms with E-state index in [0.29, 0.717) is 0 Å². The number of nitrogens with one attached hydrogen (secondary N) is 1. The maximum Gasteiger partial charge on any atom is 0.408 e. The van der Waals surface area contributed by atoms with Crippen molar-refractivity contribution in [2.24, 2.45) is 0 Å². The highest BCUT2D eigenvalue weighted by molar-refractivity contribution is 7.09.